The Labute approximate surface area is 201 Å². The fraction of sp³-hybridized carbons (Fsp3) is 0.250. The quantitative estimate of drug-likeness (QED) is 0.219. The topological polar surface area (TPSA) is 38.8 Å². The normalized spacial score (nSPS) is 14.9. The van der Waals surface area contributed by atoms with E-state index in [0.717, 1.165) is 27.6 Å². The van der Waals surface area contributed by atoms with Crippen LogP contribution < -0.4 is 9.47 Å². The van der Waals surface area contributed by atoms with Gasteiger partial charge in [0.2, 0.25) is 0 Å². The van der Waals surface area contributed by atoms with Crippen molar-refractivity contribution in [2.24, 2.45) is 0 Å². The van der Waals surface area contributed by atoms with Crippen molar-refractivity contribution in [2.45, 2.75) is 26.4 Å². The van der Waals surface area contributed by atoms with E-state index < -0.39 is 0 Å². The molecule has 1 aliphatic heterocycles. The highest BCUT2D eigenvalue weighted by atomic mass is 79.9. The van der Waals surface area contributed by atoms with Crippen LogP contribution >= 0.6 is 39.9 Å². The van der Waals surface area contributed by atoms with E-state index in [0.29, 0.717) is 40.3 Å². The molecule has 4 nitrogen and oxygen atoms in total. The van der Waals surface area contributed by atoms with Crippen LogP contribution in [0.15, 0.2) is 58.4 Å². The molecule has 0 bridgehead atoms. The van der Waals surface area contributed by atoms with E-state index >= 15 is 0 Å². The third kappa shape index (κ3) is 5.79. The van der Waals surface area contributed by atoms with Crippen LogP contribution in [0.2, 0.25) is 0 Å². The van der Waals surface area contributed by atoms with Gasteiger partial charge in [0, 0.05) is 16.6 Å². The maximum absolute atomic E-state index is 12.7. The van der Waals surface area contributed by atoms with Gasteiger partial charge in [-0.05, 0) is 54.3 Å². The van der Waals surface area contributed by atoms with Gasteiger partial charge in [0.15, 0.2) is 11.5 Å². The summed E-state index contributed by atoms with van der Waals surface area (Å²) >= 11 is 10.1. The number of methoxy groups -OCH3 is 1. The summed E-state index contributed by atoms with van der Waals surface area (Å²) in [5.41, 5.74) is 2.86. The van der Waals surface area contributed by atoms with Crippen LogP contribution in [0.5, 0.6) is 11.5 Å². The van der Waals surface area contributed by atoms with Gasteiger partial charge in [0.1, 0.15) is 10.9 Å². The van der Waals surface area contributed by atoms with Gasteiger partial charge in [-0.15, -0.1) is 6.58 Å². The van der Waals surface area contributed by atoms with Gasteiger partial charge in [-0.3, -0.25) is 9.69 Å². The average molecular weight is 518 g/mol. The number of halogens is 1. The molecule has 1 aliphatic rings. The number of thiocarbonyl (C=S) groups is 1. The summed E-state index contributed by atoms with van der Waals surface area (Å²) in [6.07, 6.45) is 5.17. The Hall–Kier alpha value is -2.09. The maximum Gasteiger partial charge on any atom is 0.266 e. The van der Waals surface area contributed by atoms with Crippen molar-refractivity contribution < 1.29 is 14.3 Å². The SMILES string of the molecule is C=CCc1cc(/C=C2/SC(=S)N(CCC)C2=O)cc(OC)c1OCc1ccc(Br)cc1. The van der Waals surface area contributed by atoms with Crippen LogP contribution in [0.25, 0.3) is 6.08 Å². The van der Waals surface area contributed by atoms with Crippen LogP contribution in [-0.2, 0) is 17.8 Å². The van der Waals surface area contributed by atoms with Gasteiger partial charge in [0.05, 0.1) is 12.0 Å². The molecule has 3 rings (SSSR count). The fourth-order valence-corrected chi connectivity index (χ4v) is 4.77. The zero-order valence-electron chi connectivity index (χ0n) is 17.5. The second-order valence-electron chi connectivity index (χ2n) is 6.95. The number of allylic oxidation sites excluding steroid dienone is 1. The van der Waals surface area contributed by atoms with E-state index in [4.69, 9.17) is 21.7 Å². The lowest BCUT2D eigenvalue weighted by molar-refractivity contribution is -0.122. The molecule has 2 aromatic carbocycles. The Balaban J connectivity index is 1.90. The lowest BCUT2D eigenvalue weighted by Crippen LogP contribution is -2.28. The van der Waals surface area contributed by atoms with Crippen molar-refractivity contribution in [3.63, 3.8) is 0 Å². The Morgan fingerprint density at radius 1 is 1.26 bits per heavy atom. The first kappa shape index (κ1) is 23.6. The van der Waals surface area contributed by atoms with Crippen LogP contribution in [0.1, 0.15) is 30.0 Å². The molecule has 2 aromatic rings. The molecular weight excluding hydrogens is 494 g/mol. The standard InChI is InChI=1S/C24H24BrNO3S2/c1-4-6-18-12-17(14-21-23(27)26(11-5-2)24(30)31-21)13-20(28-3)22(18)29-15-16-7-9-19(25)10-8-16/h4,7-10,12-14H,1,5-6,11,15H2,2-3H3/b21-14+. The lowest BCUT2D eigenvalue weighted by atomic mass is 10.0. The molecule has 7 heteroatoms. The van der Waals surface area contributed by atoms with E-state index in [-0.39, 0.29) is 5.91 Å². The summed E-state index contributed by atoms with van der Waals surface area (Å²) in [7, 11) is 1.62. The lowest BCUT2D eigenvalue weighted by Gasteiger charge is -2.16. The number of nitrogens with zero attached hydrogens (tertiary/aromatic N) is 1. The molecule has 0 saturated carbocycles. The number of amides is 1. The highest BCUT2D eigenvalue weighted by Gasteiger charge is 2.31. The Morgan fingerprint density at radius 2 is 2.00 bits per heavy atom. The molecule has 0 atom stereocenters. The fourth-order valence-electron chi connectivity index (χ4n) is 3.19. The van der Waals surface area contributed by atoms with Crippen molar-refractivity contribution in [3.05, 3.63) is 75.1 Å². The molecule has 1 fully saturated rings. The van der Waals surface area contributed by atoms with Gasteiger partial charge in [-0.1, -0.05) is 65.0 Å². The first-order valence-corrected chi connectivity index (χ1v) is 11.9. The third-order valence-electron chi connectivity index (χ3n) is 4.65. The summed E-state index contributed by atoms with van der Waals surface area (Å²) < 4.78 is 13.4. The second kappa shape index (κ2) is 11.0. The first-order chi connectivity index (χ1) is 15.0. The highest BCUT2D eigenvalue weighted by Crippen LogP contribution is 2.37. The molecule has 0 N–H and O–H groups in total. The molecular formula is C24H24BrNO3S2. The number of rotatable bonds is 9. The van der Waals surface area contributed by atoms with Crippen molar-refractivity contribution in [1.29, 1.82) is 0 Å². The van der Waals surface area contributed by atoms with Crippen molar-refractivity contribution in [2.75, 3.05) is 13.7 Å². The van der Waals surface area contributed by atoms with Gasteiger partial charge in [-0.2, -0.15) is 0 Å². The third-order valence-corrected chi connectivity index (χ3v) is 6.56. The minimum Gasteiger partial charge on any atom is -0.493 e. The number of hydrogen-bond acceptors (Lipinski definition) is 5. The van der Waals surface area contributed by atoms with Crippen molar-refractivity contribution >= 4 is 56.2 Å². The minimum atomic E-state index is -0.0448. The van der Waals surface area contributed by atoms with Crippen molar-refractivity contribution in [3.8, 4) is 11.5 Å². The van der Waals surface area contributed by atoms with Gasteiger partial charge in [-0.25, -0.2) is 0 Å². The zero-order valence-corrected chi connectivity index (χ0v) is 20.7. The number of hydrogen-bond donors (Lipinski definition) is 0. The predicted octanol–water partition coefficient (Wildman–Crippen LogP) is 6.38. The molecule has 0 unspecified atom stereocenters. The molecule has 31 heavy (non-hydrogen) atoms. The molecule has 0 aromatic heterocycles. The number of ether oxygens (including phenoxy) is 2. The Morgan fingerprint density at radius 3 is 2.65 bits per heavy atom. The number of benzene rings is 2. The Kier molecular flexibility index (Phi) is 8.35. The van der Waals surface area contributed by atoms with E-state index in [9.17, 15) is 4.79 Å². The van der Waals surface area contributed by atoms with Crippen LogP contribution in [-0.4, -0.2) is 28.8 Å². The molecule has 162 valence electrons. The van der Waals surface area contributed by atoms with E-state index in [1.807, 2.05) is 55.5 Å². The van der Waals surface area contributed by atoms with Gasteiger partial charge >= 0.3 is 0 Å². The van der Waals surface area contributed by atoms with Crippen LogP contribution in [0, 0.1) is 0 Å². The second-order valence-corrected chi connectivity index (χ2v) is 9.54. The van der Waals surface area contributed by atoms with Gasteiger partial charge in [0.25, 0.3) is 5.91 Å². The van der Waals surface area contributed by atoms with Crippen LogP contribution in [0.3, 0.4) is 0 Å². The Bertz CT molecular complexity index is 1020. The summed E-state index contributed by atoms with van der Waals surface area (Å²) in [5, 5.41) is 0. The molecule has 0 spiro atoms. The monoisotopic (exact) mass is 517 g/mol. The number of carbonyl (C=O) groups is 1. The van der Waals surface area contributed by atoms with E-state index in [2.05, 4.69) is 22.5 Å². The molecule has 1 heterocycles. The molecule has 0 radical (unpaired) electrons. The smallest absolute Gasteiger partial charge is 0.266 e. The first-order valence-electron chi connectivity index (χ1n) is 9.91. The summed E-state index contributed by atoms with van der Waals surface area (Å²) in [5.74, 6) is 1.25. The number of carbonyl (C=O) groups excluding carboxylic acids is 1. The summed E-state index contributed by atoms with van der Waals surface area (Å²) in [6, 6.07) is 11.9. The van der Waals surface area contributed by atoms with E-state index in [1.54, 1.807) is 12.0 Å². The molecule has 0 aliphatic carbocycles. The minimum absolute atomic E-state index is 0.0448. The zero-order chi connectivity index (χ0) is 22.4. The van der Waals surface area contributed by atoms with Gasteiger partial charge < -0.3 is 9.47 Å². The molecule has 1 saturated heterocycles. The largest absolute Gasteiger partial charge is 0.493 e. The maximum atomic E-state index is 12.7. The average Bonchev–Trinajstić information content (AvgIpc) is 3.01. The molecule has 1 amide bonds. The summed E-state index contributed by atoms with van der Waals surface area (Å²) in [4.78, 5) is 15.0. The van der Waals surface area contributed by atoms with Crippen LogP contribution in [0.4, 0.5) is 0 Å². The number of thioether (sulfide) groups is 1. The van der Waals surface area contributed by atoms with Crippen molar-refractivity contribution in [1.82, 2.24) is 4.90 Å². The highest BCUT2D eigenvalue weighted by molar-refractivity contribution is 9.10. The summed E-state index contributed by atoms with van der Waals surface area (Å²) in [6.45, 7) is 6.95. The predicted molar refractivity (Wildman–Crippen MR) is 136 cm³/mol. The van der Waals surface area contributed by atoms with E-state index in [1.165, 1.54) is 11.8 Å².